The van der Waals surface area contributed by atoms with Crippen molar-refractivity contribution < 1.29 is 9.47 Å². The largest absolute Gasteiger partial charge is 0.494 e. The molecule has 1 unspecified atom stereocenters. The van der Waals surface area contributed by atoms with E-state index in [1.807, 2.05) is 13.0 Å². The van der Waals surface area contributed by atoms with Gasteiger partial charge in [0, 0.05) is 15.9 Å². The predicted octanol–water partition coefficient (Wildman–Crippen LogP) is 5.49. The molecule has 1 saturated carbocycles. The average molecular weight is 406 g/mol. The number of hydrogen-bond acceptors (Lipinski definition) is 2. The standard InChI is InChI=1S/C16H22Br2O2/c1-3-19-12-5-6-14(16(18)10-12)15(17)9-11-7-13(8-11)20-4-2/h5-6,10-11,13,15H,3-4,7-9H2,1-2H3. The van der Waals surface area contributed by atoms with Crippen molar-refractivity contribution in [3.05, 3.63) is 28.2 Å². The fourth-order valence-electron chi connectivity index (χ4n) is 2.68. The quantitative estimate of drug-likeness (QED) is 0.558. The first kappa shape index (κ1) is 16.3. The van der Waals surface area contributed by atoms with E-state index in [0.717, 1.165) is 29.2 Å². The summed E-state index contributed by atoms with van der Waals surface area (Å²) in [6.07, 6.45) is 4.05. The fraction of sp³-hybridized carbons (Fsp3) is 0.625. The predicted molar refractivity (Wildman–Crippen MR) is 89.7 cm³/mol. The van der Waals surface area contributed by atoms with Crippen molar-refractivity contribution in [3.63, 3.8) is 0 Å². The number of hydrogen-bond donors (Lipinski definition) is 0. The second-order valence-corrected chi connectivity index (χ2v) is 7.19. The zero-order valence-electron chi connectivity index (χ0n) is 12.1. The Morgan fingerprint density at radius 2 is 2.00 bits per heavy atom. The second-order valence-electron chi connectivity index (χ2n) is 5.23. The van der Waals surface area contributed by atoms with Crippen LogP contribution in [-0.2, 0) is 4.74 Å². The molecule has 2 nitrogen and oxygen atoms in total. The minimum absolute atomic E-state index is 0.389. The number of halogens is 2. The van der Waals surface area contributed by atoms with Gasteiger partial charge in [0.1, 0.15) is 5.75 Å². The molecule has 1 atom stereocenters. The van der Waals surface area contributed by atoms with Crippen LogP contribution in [0.1, 0.15) is 43.5 Å². The van der Waals surface area contributed by atoms with Crippen molar-refractivity contribution in [2.45, 2.75) is 44.0 Å². The van der Waals surface area contributed by atoms with Crippen LogP contribution >= 0.6 is 31.9 Å². The minimum atomic E-state index is 0.389. The normalized spacial score (nSPS) is 23.2. The van der Waals surface area contributed by atoms with Gasteiger partial charge in [-0.25, -0.2) is 0 Å². The van der Waals surface area contributed by atoms with Crippen molar-refractivity contribution >= 4 is 31.9 Å². The summed E-state index contributed by atoms with van der Waals surface area (Å²) in [7, 11) is 0. The van der Waals surface area contributed by atoms with Crippen molar-refractivity contribution in [2.24, 2.45) is 5.92 Å². The van der Waals surface area contributed by atoms with Crippen molar-refractivity contribution in [3.8, 4) is 5.75 Å². The third kappa shape index (κ3) is 4.22. The van der Waals surface area contributed by atoms with E-state index in [4.69, 9.17) is 9.47 Å². The van der Waals surface area contributed by atoms with Gasteiger partial charge in [0.25, 0.3) is 0 Å². The molecule has 1 aromatic rings. The van der Waals surface area contributed by atoms with Gasteiger partial charge in [-0.15, -0.1) is 0 Å². The molecule has 0 saturated heterocycles. The Kier molecular flexibility index (Phi) is 6.37. The molecule has 1 aliphatic carbocycles. The first-order valence-electron chi connectivity index (χ1n) is 7.31. The average Bonchev–Trinajstić information content (AvgIpc) is 2.36. The van der Waals surface area contributed by atoms with Crippen LogP contribution in [0.5, 0.6) is 5.75 Å². The summed E-state index contributed by atoms with van der Waals surface area (Å²) in [4.78, 5) is 0.389. The molecule has 2 rings (SSSR count). The summed E-state index contributed by atoms with van der Waals surface area (Å²) in [6.45, 7) is 5.60. The van der Waals surface area contributed by atoms with Crippen molar-refractivity contribution in [2.75, 3.05) is 13.2 Å². The fourth-order valence-corrected chi connectivity index (χ4v) is 4.55. The molecule has 1 fully saturated rings. The first-order valence-corrected chi connectivity index (χ1v) is 9.02. The molecule has 4 heteroatoms. The number of ether oxygens (including phenoxy) is 2. The van der Waals surface area contributed by atoms with E-state index in [1.54, 1.807) is 0 Å². The molecule has 0 N–H and O–H groups in total. The molecule has 0 amide bonds. The van der Waals surface area contributed by atoms with Gasteiger partial charge in [0.15, 0.2) is 0 Å². The van der Waals surface area contributed by atoms with Crippen LogP contribution in [0.15, 0.2) is 22.7 Å². The van der Waals surface area contributed by atoms with E-state index in [9.17, 15) is 0 Å². The number of alkyl halides is 1. The Bertz CT molecular complexity index is 430. The Morgan fingerprint density at radius 3 is 2.60 bits per heavy atom. The highest BCUT2D eigenvalue weighted by Gasteiger charge is 2.31. The van der Waals surface area contributed by atoms with Gasteiger partial charge in [0.2, 0.25) is 0 Å². The number of rotatable bonds is 7. The highest BCUT2D eigenvalue weighted by Crippen LogP contribution is 2.42. The molecular formula is C16H22Br2O2. The van der Waals surface area contributed by atoms with Crippen LogP contribution < -0.4 is 4.74 Å². The van der Waals surface area contributed by atoms with Gasteiger partial charge in [-0.3, -0.25) is 0 Å². The van der Waals surface area contributed by atoms with Crippen LogP contribution in [0.3, 0.4) is 0 Å². The Balaban J connectivity index is 1.88. The lowest BCUT2D eigenvalue weighted by Crippen LogP contribution is -2.31. The molecule has 20 heavy (non-hydrogen) atoms. The summed E-state index contributed by atoms with van der Waals surface area (Å²) in [6, 6.07) is 6.24. The summed E-state index contributed by atoms with van der Waals surface area (Å²) in [5.74, 6) is 1.69. The van der Waals surface area contributed by atoms with Gasteiger partial charge in [-0.2, -0.15) is 0 Å². The molecule has 0 aromatic heterocycles. The minimum Gasteiger partial charge on any atom is -0.494 e. The second kappa shape index (κ2) is 7.81. The molecule has 0 bridgehead atoms. The van der Waals surface area contributed by atoms with Crippen molar-refractivity contribution in [1.82, 2.24) is 0 Å². The first-order chi connectivity index (χ1) is 9.63. The third-order valence-corrected chi connectivity index (χ3v) is 5.31. The Morgan fingerprint density at radius 1 is 1.25 bits per heavy atom. The monoisotopic (exact) mass is 404 g/mol. The zero-order chi connectivity index (χ0) is 14.5. The highest BCUT2D eigenvalue weighted by atomic mass is 79.9. The molecular weight excluding hydrogens is 384 g/mol. The summed E-state index contributed by atoms with van der Waals surface area (Å²) >= 11 is 7.47. The van der Waals surface area contributed by atoms with E-state index < -0.39 is 0 Å². The van der Waals surface area contributed by atoms with E-state index in [1.165, 1.54) is 18.4 Å². The molecule has 0 heterocycles. The summed E-state index contributed by atoms with van der Waals surface area (Å²) in [5.41, 5.74) is 1.30. The summed E-state index contributed by atoms with van der Waals surface area (Å²) in [5, 5.41) is 0. The maximum absolute atomic E-state index is 5.62. The molecule has 112 valence electrons. The maximum Gasteiger partial charge on any atom is 0.120 e. The molecule has 1 aliphatic rings. The van der Waals surface area contributed by atoms with Crippen LogP contribution in [-0.4, -0.2) is 19.3 Å². The Hall–Kier alpha value is -0.0600. The van der Waals surface area contributed by atoms with E-state index >= 15 is 0 Å². The SMILES string of the molecule is CCOc1ccc(C(Br)CC2CC(OCC)C2)c(Br)c1. The van der Waals surface area contributed by atoms with Gasteiger partial charge < -0.3 is 9.47 Å². The summed E-state index contributed by atoms with van der Waals surface area (Å²) < 4.78 is 12.3. The number of benzene rings is 1. The van der Waals surface area contributed by atoms with Gasteiger partial charge in [0.05, 0.1) is 12.7 Å². The van der Waals surface area contributed by atoms with E-state index in [-0.39, 0.29) is 0 Å². The molecule has 0 spiro atoms. The van der Waals surface area contributed by atoms with Crippen LogP contribution in [0.2, 0.25) is 0 Å². The van der Waals surface area contributed by atoms with Gasteiger partial charge in [-0.1, -0.05) is 37.9 Å². The van der Waals surface area contributed by atoms with Crippen LogP contribution in [0, 0.1) is 5.92 Å². The zero-order valence-corrected chi connectivity index (χ0v) is 15.2. The van der Waals surface area contributed by atoms with Gasteiger partial charge in [-0.05, 0) is 56.7 Å². The van der Waals surface area contributed by atoms with Crippen LogP contribution in [0.4, 0.5) is 0 Å². The lowest BCUT2D eigenvalue weighted by Gasteiger charge is -2.36. The Labute approximate surface area is 138 Å². The van der Waals surface area contributed by atoms with E-state index in [0.29, 0.717) is 17.5 Å². The van der Waals surface area contributed by atoms with Crippen molar-refractivity contribution in [1.29, 1.82) is 0 Å². The maximum atomic E-state index is 5.62. The van der Waals surface area contributed by atoms with Gasteiger partial charge >= 0.3 is 0 Å². The molecule has 0 radical (unpaired) electrons. The third-order valence-electron chi connectivity index (χ3n) is 3.76. The lowest BCUT2D eigenvalue weighted by atomic mass is 9.78. The topological polar surface area (TPSA) is 18.5 Å². The van der Waals surface area contributed by atoms with Crippen LogP contribution in [0.25, 0.3) is 0 Å². The molecule has 1 aromatic carbocycles. The molecule has 0 aliphatic heterocycles. The highest BCUT2D eigenvalue weighted by molar-refractivity contribution is 9.11. The lowest BCUT2D eigenvalue weighted by molar-refractivity contribution is -0.0264. The smallest absolute Gasteiger partial charge is 0.120 e. The van der Waals surface area contributed by atoms with E-state index in [2.05, 4.69) is 50.9 Å².